The van der Waals surface area contributed by atoms with Crippen molar-refractivity contribution in [3.05, 3.63) is 59.7 Å². The van der Waals surface area contributed by atoms with E-state index in [1.165, 1.54) is 0 Å². The molecule has 2 aromatic carbocycles. The molecule has 0 radical (unpaired) electrons. The smallest absolute Gasteiger partial charge is 0.225 e. The van der Waals surface area contributed by atoms with E-state index in [2.05, 4.69) is 37.4 Å². The predicted octanol–water partition coefficient (Wildman–Crippen LogP) is 4.47. The molecule has 0 fully saturated rings. The van der Waals surface area contributed by atoms with Crippen LogP contribution in [-0.2, 0) is 22.6 Å². The number of rotatable bonds is 5. The van der Waals surface area contributed by atoms with Crippen molar-refractivity contribution in [2.75, 3.05) is 25.6 Å². The van der Waals surface area contributed by atoms with Crippen molar-refractivity contribution < 1.29 is 14.3 Å². The lowest BCUT2D eigenvalue weighted by Crippen LogP contribution is -2.44. The van der Waals surface area contributed by atoms with Gasteiger partial charge in [0.2, 0.25) is 5.91 Å². The maximum absolute atomic E-state index is 13.1. The summed E-state index contributed by atoms with van der Waals surface area (Å²) in [5.74, 6) is 1.43. The number of fused-ring (bicyclic) bond motifs is 2. The third-order valence-corrected chi connectivity index (χ3v) is 5.26. The minimum Gasteiger partial charge on any atom is -0.491 e. The Morgan fingerprint density at radius 1 is 1.17 bits per heavy atom. The summed E-state index contributed by atoms with van der Waals surface area (Å²) >= 11 is 0. The summed E-state index contributed by atoms with van der Waals surface area (Å²) in [6.07, 6.45) is 1.26. The second kappa shape index (κ2) is 10.3. The van der Waals surface area contributed by atoms with Gasteiger partial charge in [0.25, 0.3) is 0 Å². The standard InChI is InChI=1S/C24H32N2O3/c1-18(2)14-21-17-29-23-11-7-5-8-19(23)15-25-22-10-6-4-9-20(22)16-26(21)24(27)12-13-28-3/h4-11,18,21,25H,12-17H2,1-3H3/t21-/m0/s1. The average Bonchev–Trinajstić information content (AvgIpc) is 2.75. The summed E-state index contributed by atoms with van der Waals surface area (Å²) in [5, 5.41) is 3.53. The molecule has 1 N–H and O–H groups in total. The van der Waals surface area contributed by atoms with Crippen LogP contribution in [-0.4, -0.2) is 37.2 Å². The first-order chi connectivity index (χ1) is 14.1. The molecule has 1 heterocycles. The summed E-state index contributed by atoms with van der Waals surface area (Å²) in [7, 11) is 1.63. The summed E-state index contributed by atoms with van der Waals surface area (Å²) < 4.78 is 11.4. The molecule has 156 valence electrons. The van der Waals surface area contributed by atoms with Gasteiger partial charge in [-0.15, -0.1) is 0 Å². The topological polar surface area (TPSA) is 50.8 Å². The van der Waals surface area contributed by atoms with Gasteiger partial charge in [0.05, 0.1) is 19.1 Å². The first-order valence-electron chi connectivity index (χ1n) is 10.4. The zero-order valence-corrected chi connectivity index (χ0v) is 17.7. The number of carbonyl (C=O) groups excluding carboxylic acids is 1. The lowest BCUT2D eigenvalue weighted by molar-refractivity contribution is -0.136. The van der Waals surface area contributed by atoms with Crippen molar-refractivity contribution in [1.29, 1.82) is 0 Å². The second-order valence-corrected chi connectivity index (χ2v) is 7.98. The Bertz CT molecular complexity index is 806. The van der Waals surface area contributed by atoms with Crippen molar-refractivity contribution >= 4 is 11.6 Å². The minimum absolute atomic E-state index is 0.00133. The molecule has 1 atom stereocenters. The van der Waals surface area contributed by atoms with Crippen molar-refractivity contribution in [3.8, 4) is 5.75 Å². The van der Waals surface area contributed by atoms with Gasteiger partial charge in [-0.25, -0.2) is 0 Å². The Labute approximate surface area is 174 Å². The van der Waals surface area contributed by atoms with Gasteiger partial charge in [-0.05, 0) is 30.0 Å². The van der Waals surface area contributed by atoms with Crippen molar-refractivity contribution in [2.45, 2.75) is 45.8 Å². The van der Waals surface area contributed by atoms with E-state index in [1.807, 2.05) is 35.2 Å². The average molecular weight is 397 g/mol. The molecule has 0 saturated heterocycles. The SMILES string of the molecule is COCCC(=O)N1Cc2ccccc2NCc2ccccc2OC[C@@H]1CC(C)C. The number of hydrogen-bond donors (Lipinski definition) is 1. The van der Waals surface area contributed by atoms with Gasteiger partial charge >= 0.3 is 0 Å². The van der Waals surface area contributed by atoms with Gasteiger partial charge in [-0.3, -0.25) is 4.79 Å². The molecule has 0 spiro atoms. The quantitative estimate of drug-likeness (QED) is 0.810. The van der Waals surface area contributed by atoms with Gasteiger partial charge in [0, 0.05) is 31.5 Å². The summed E-state index contributed by atoms with van der Waals surface area (Å²) in [4.78, 5) is 15.1. The maximum Gasteiger partial charge on any atom is 0.225 e. The van der Waals surface area contributed by atoms with Gasteiger partial charge in [-0.1, -0.05) is 50.2 Å². The Morgan fingerprint density at radius 3 is 2.66 bits per heavy atom. The third-order valence-electron chi connectivity index (χ3n) is 5.26. The number of amides is 1. The summed E-state index contributed by atoms with van der Waals surface area (Å²) in [6, 6.07) is 16.3. The normalized spacial score (nSPS) is 16.8. The Kier molecular flexibility index (Phi) is 7.53. The van der Waals surface area contributed by atoms with Crippen LogP contribution < -0.4 is 10.1 Å². The molecule has 0 aromatic heterocycles. The zero-order chi connectivity index (χ0) is 20.6. The fourth-order valence-electron chi connectivity index (χ4n) is 3.76. The van der Waals surface area contributed by atoms with E-state index in [4.69, 9.17) is 9.47 Å². The van der Waals surface area contributed by atoms with Crippen molar-refractivity contribution in [2.24, 2.45) is 5.92 Å². The van der Waals surface area contributed by atoms with Gasteiger partial charge in [0.1, 0.15) is 12.4 Å². The van der Waals surface area contributed by atoms with E-state index < -0.39 is 0 Å². The number of anilines is 1. The minimum atomic E-state index is -0.00133. The molecule has 5 heteroatoms. The molecule has 29 heavy (non-hydrogen) atoms. The number of nitrogens with zero attached hydrogens (tertiary/aromatic N) is 1. The molecule has 0 unspecified atom stereocenters. The molecule has 0 aliphatic carbocycles. The highest BCUT2D eigenvalue weighted by atomic mass is 16.5. The number of nitrogens with one attached hydrogen (secondary N) is 1. The summed E-state index contributed by atoms with van der Waals surface area (Å²) in [5.41, 5.74) is 3.29. The Hall–Kier alpha value is -2.53. The van der Waals surface area contributed by atoms with Crippen LogP contribution in [0, 0.1) is 5.92 Å². The highest BCUT2D eigenvalue weighted by molar-refractivity contribution is 5.77. The molecule has 3 rings (SSSR count). The largest absolute Gasteiger partial charge is 0.491 e. The van der Waals surface area contributed by atoms with Crippen molar-refractivity contribution in [1.82, 2.24) is 4.90 Å². The predicted molar refractivity (Wildman–Crippen MR) is 116 cm³/mol. The van der Waals surface area contributed by atoms with Crippen LogP contribution in [0.25, 0.3) is 0 Å². The lowest BCUT2D eigenvalue weighted by Gasteiger charge is -2.33. The summed E-state index contributed by atoms with van der Waals surface area (Å²) in [6.45, 7) is 6.52. The van der Waals surface area contributed by atoms with Gasteiger partial charge < -0.3 is 19.7 Å². The van der Waals surface area contributed by atoms with Crippen LogP contribution in [0.3, 0.4) is 0 Å². The number of benzene rings is 2. The van der Waals surface area contributed by atoms with E-state index in [-0.39, 0.29) is 11.9 Å². The second-order valence-electron chi connectivity index (χ2n) is 7.98. The van der Waals surface area contributed by atoms with Gasteiger partial charge in [0.15, 0.2) is 0 Å². The molecule has 1 amide bonds. The number of ether oxygens (including phenoxy) is 2. The van der Waals surface area contributed by atoms with Crippen LogP contribution in [0.5, 0.6) is 5.75 Å². The highest BCUT2D eigenvalue weighted by Crippen LogP contribution is 2.26. The van der Waals surface area contributed by atoms with E-state index in [0.29, 0.717) is 38.6 Å². The first kappa shape index (κ1) is 21.2. The van der Waals surface area contributed by atoms with Crippen LogP contribution in [0.15, 0.2) is 48.5 Å². The van der Waals surface area contributed by atoms with Crippen LogP contribution in [0.4, 0.5) is 5.69 Å². The van der Waals surface area contributed by atoms with Crippen LogP contribution in [0.1, 0.15) is 37.8 Å². The molecule has 1 aliphatic heterocycles. The van der Waals surface area contributed by atoms with Crippen molar-refractivity contribution in [3.63, 3.8) is 0 Å². The Morgan fingerprint density at radius 2 is 1.90 bits per heavy atom. The van der Waals surface area contributed by atoms with E-state index in [9.17, 15) is 4.79 Å². The Balaban J connectivity index is 1.99. The molecule has 5 nitrogen and oxygen atoms in total. The fourth-order valence-corrected chi connectivity index (χ4v) is 3.76. The highest BCUT2D eigenvalue weighted by Gasteiger charge is 2.27. The number of hydrogen-bond acceptors (Lipinski definition) is 4. The molecule has 0 saturated carbocycles. The molecular weight excluding hydrogens is 364 g/mol. The zero-order valence-electron chi connectivity index (χ0n) is 17.7. The number of para-hydroxylation sites is 2. The first-order valence-corrected chi connectivity index (χ1v) is 10.4. The maximum atomic E-state index is 13.1. The monoisotopic (exact) mass is 396 g/mol. The molecule has 2 aromatic rings. The molecular formula is C24H32N2O3. The van der Waals surface area contributed by atoms with E-state index >= 15 is 0 Å². The van der Waals surface area contributed by atoms with Crippen LogP contribution >= 0.6 is 0 Å². The number of methoxy groups -OCH3 is 1. The van der Waals surface area contributed by atoms with Crippen LogP contribution in [0.2, 0.25) is 0 Å². The fraction of sp³-hybridized carbons (Fsp3) is 0.458. The molecule has 1 aliphatic rings. The third kappa shape index (κ3) is 5.73. The van der Waals surface area contributed by atoms with E-state index in [1.54, 1.807) is 7.11 Å². The number of carbonyl (C=O) groups is 1. The molecule has 0 bridgehead atoms. The van der Waals surface area contributed by atoms with E-state index in [0.717, 1.165) is 29.0 Å². The van der Waals surface area contributed by atoms with Gasteiger partial charge in [-0.2, -0.15) is 0 Å². The lowest BCUT2D eigenvalue weighted by atomic mass is 10.0.